The van der Waals surface area contributed by atoms with Gasteiger partial charge in [-0.15, -0.1) is 0 Å². The Morgan fingerprint density at radius 2 is 2.24 bits per heavy atom. The van der Waals surface area contributed by atoms with Crippen molar-refractivity contribution in [2.75, 3.05) is 13.7 Å². The Hall–Kier alpha value is -1.59. The van der Waals surface area contributed by atoms with E-state index in [0.717, 1.165) is 5.56 Å². The summed E-state index contributed by atoms with van der Waals surface area (Å²) in [6, 6.07) is 7.14. The lowest BCUT2D eigenvalue weighted by molar-refractivity contribution is -0.164. The average molecular weight is 239 g/mol. The fourth-order valence-electron chi connectivity index (χ4n) is 1.15. The lowest BCUT2D eigenvalue weighted by Crippen LogP contribution is -2.43. The molecule has 0 radical (unpaired) electrons. The maximum absolute atomic E-state index is 11.4. The summed E-state index contributed by atoms with van der Waals surface area (Å²) < 4.78 is 10.00. The van der Waals surface area contributed by atoms with Crippen molar-refractivity contribution in [1.82, 2.24) is 0 Å². The molecule has 0 aliphatic rings. The molecule has 5 heteroatoms. The van der Waals surface area contributed by atoms with Crippen molar-refractivity contribution in [2.24, 2.45) is 5.73 Å². The SMILES string of the molecule is COc1cccc(COC(=O)C(C)(O)CN)c1. The zero-order chi connectivity index (χ0) is 12.9. The molecule has 0 saturated heterocycles. The summed E-state index contributed by atoms with van der Waals surface area (Å²) in [5.74, 6) is -0.0491. The normalized spacial score (nSPS) is 13.9. The monoisotopic (exact) mass is 239 g/mol. The van der Waals surface area contributed by atoms with Gasteiger partial charge in [-0.25, -0.2) is 4.79 Å². The highest BCUT2D eigenvalue weighted by Gasteiger charge is 2.30. The lowest BCUT2D eigenvalue weighted by atomic mass is 10.1. The predicted molar refractivity (Wildman–Crippen MR) is 62.5 cm³/mol. The molecule has 0 aliphatic carbocycles. The molecule has 5 nitrogen and oxygen atoms in total. The van der Waals surface area contributed by atoms with E-state index in [4.69, 9.17) is 15.2 Å². The molecule has 0 saturated carbocycles. The Bertz CT molecular complexity index is 390. The van der Waals surface area contributed by atoms with E-state index in [1.165, 1.54) is 6.92 Å². The van der Waals surface area contributed by atoms with Crippen LogP contribution in [0, 0.1) is 0 Å². The highest BCUT2D eigenvalue weighted by Crippen LogP contribution is 2.14. The van der Waals surface area contributed by atoms with Crippen molar-refractivity contribution in [3.63, 3.8) is 0 Å². The van der Waals surface area contributed by atoms with Gasteiger partial charge in [-0.3, -0.25) is 0 Å². The standard InChI is InChI=1S/C12H17NO4/c1-12(15,8-13)11(14)17-7-9-4-3-5-10(6-9)16-2/h3-6,15H,7-8,13H2,1-2H3. The second-order valence-corrected chi connectivity index (χ2v) is 3.91. The smallest absolute Gasteiger partial charge is 0.339 e. The predicted octanol–water partition coefficient (Wildman–Crippen LogP) is 0.448. The fraction of sp³-hybridized carbons (Fsp3) is 0.417. The molecule has 1 unspecified atom stereocenters. The van der Waals surface area contributed by atoms with Crippen molar-refractivity contribution < 1.29 is 19.4 Å². The molecule has 0 spiro atoms. The number of methoxy groups -OCH3 is 1. The third-order valence-electron chi connectivity index (χ3n) is 2.34. The van der Waals surface area contributed by atoms with Crippen molar-refractivity contribution in [3.8, 4) is 5.75 Å². The molecular formula is C12H17NO4. The molecule has 0 heterocycles. The molecule has 1 aromatic rings. The van der Waals surface area contributed by atoms with Gasteiger partial charge < -0.3 is 20.3 Å². The molecule has 1 aromatic carbocycles. The molecule has 3 N–H and O–H groups in total. The van der Waals surface area contributed by atoms with Crippen molar-refractivity contribution in [1.29, 1.82) is 0 Å². The highest BCUT2D eigenvalue weighted by molar-refractivity contribution is 5.79. The van der Waals surface area contributed by atoms with Gasteiger partial charge in [-0.2, -0.15) is 0 Å². The van der Waals surface area contributed by atoms with Gasteiger partial charge in [-0.05, 0) is 24.6 Å². The van der Waals surface area contributed by atoms with Crippen molar-refractivity contribution in [2.45, 2.75) is 19.1 Å². The molecular weight excluding hydrogens is 222 g/mol. The summed E-state index contributed by atoms with van der Waals surface area (Å²) in [6.45, 7) is 1.22. The number of ether oxygens (including phenoxy) is 2. The molecule has 0 bridgehead atoms. The van der Waals surface area contributed by atoms with Crippen LogP contribution >= 0.6 is 0 Å². The lowest BCUT2D eigenvalue weighted by Gasteiger charge is -2.18. The second-order valence-electron chi connectivity index (χ2n) is 3.91. The van der Waals surface area contributed by atoms with Gasteiger partial charge >= 0.3 is 5.97 Å². The quantitative estimate of drug-likeness (QED) is 0.729. The minimum Gasteiger partial charge on any atom is -0.497 e. The molecule has 17 heavy (non-hydrogen) atoms. The molecule has 0 fully saturated rings. The maximum Gasteiger partial charge on any atom is 0.339 e. The Morgan fingerprint density at radius 3 is 2.82 bits per heavy atom. The van der Waals surface area contributed by atoms with E-state index in [9.17, 15) is 9.90 Å². The van der Waals surface area contributed by atoms with Gasteiger partial charge in [0.25, 0.3) is 0 Å². The number of hydrogen-bond donors (Lipinski definition) is 2. The van der Waals surface area contributed by atoms with Crippen LogP contribution in [-0.2, 0) is 16.1 Å². The Morgan fingerprint density at radius 1 is 1.53 bits per heavy atom. The van der Waals surface area contributed by atoms with Gasteiger partial charge in [0, 0.05) is 6.54 Å². The van der Waals surface area contributed by atoms with Gasteiger partial charge in [0.2, 0.25) is 0 Å². The van der Waals surface area contributed by atoms with E-state index in [1.807, 2.05) is 0 Å². The summed E-state index contributed by atoms with van der Waals surface area (Å²) in [5.41, 5.74) is 4.39. The van der Waals surface area contributed by atoms with Crippen LogP contribution in [0.15, 0.2) is 24.3 Å². The van der Waals surface area contributed by atoms with Crippen LogP contribution in [0.1, 0.15) is 12.5 Å². The fourth-order valence-corrected chi connectivity index (χ4v) is 1.15. The first kappa shape index (κ1) is 13.5. The first-order valence-electron chi connectivity index (χ1n) is 5.22. The first-order chi connectivity index (χ1) is 7.99. The van der Waals surface area contributed by atoms with Crippen LogP contribution in [0.3, 0.4) is 0 Å². The van der Waals surface area contributed by atoms with E-state index in [1.54, 1.807) is 31.4 Å². The van der Waals surface area contributed by atoms with E-state index in [0.29, 0.717) is 5.75 Å². The summed E-state index contributed by atoms with van der Waals surface area (Å²) in [5, 5.41) is 9.55. The van der Waals surface area contributed by atoms with Crippen molar-refractivity contribution >= 4 is 5.97 Å². The number of carbonyl (C=O) groups excluding carboxylic acids is 1. The summed E-state index contributed by atoms with van der Waals surface area (Å²) in [6.07, 6.45) is 0. The van der Waals surface area contributed by atoms with Crippen LogP contribution in [0.25, 0.3) is 0 Å². The maximum atomic E-state index is 11.4. The van der Waals surface area contributed by atoms with Gasteiger partial charge in [-0.1, -0.05) is 12.1 Å². The number of aliphatic hydroxyl groups is 1. The number of benzene rings is 1. The molecule has 0 aromatic heterocycles. The second kappa shape index (κ2) is 5.65. The summed E-state index contributed by atoms with van der Waals surface area (Å²) in [4.78, 5) is 11.4. The minimum atomic E-state index is -1.64. The van der Waals surface area contributed by atoms with Crippen molar-refractivity contribution in [3.05, 3.63) is 29.8 Å². The first-order valence-corrected chi connectivity index (χ1v) is 5.22. The highest BCUT2D eigenvalue weighted by atomic mass is 16.5. The van der Waals surface area contributed by atoms with Crippen LogP contribution < -0.4 is 10.5 Å². The van der Waals surface area contributed by atoms with Crippen LogP contribution in [0.5, 0.6) is 5.75 Å². The van der Waals surface area contributed by atoms with Gasteiger partial charge in [0.05, 0.1) is 7.11 Å². The van der Waals surface area contributed by atoms with E-state index < -0.39 is 11.6 Å². The Labute approximate surface area is 100 Å². The van der Waals surface area contributed by atoms with E-state index in [-0.39, 0.29) is 13.2 Å². The average Bonchev–Trinajstić information content (AvgIpc) is 2.36. The van der Waals surface area contributed by atoms with Gasteiger partial charge in [0.1, 0.15) is 12.4 Å². The summed E-state index contributed by atoms with van der Waals surface area (Å²) >= 11 is 0. The number of nitrogens with two attached hydrogens (primary N) is 1. The number of carbonyl (C=O) groups is 1. The molecule has 1 rings (SSSR count). The number of rotatable bonds is 5. The minimum absolute atomic E-state index is 0.0756. The Kier molecular flexibility index (Phi) is 4.48. The third kappa shape index (κ3) is 3.72. The molecule has 0 aliphatic heterocycles. The van der Waals surface area contributed by atoms with Gasteiger partial charge in [0.15, 0.2) is 5.60 Å². The third-order valence-corrected chi connectivity index (χ3v) is 2.34. The number of esters is 1. The molecule has 94 valence electrons. The van der Waals surface area contributed by atoms with E-state index in [2.05, 4.69) is 0 Å². The largest absolute Gasteiger partial charge is 0.497 e. The Balaban J connectivity index is 2.58. The van der Waals surface area contributed by atoms with E-state index >= 15 is 0 Å². The van der Waals surface area contributed by atoms with Crippen LogP contribution in [0.2, 0.25) is 0 Å². The zero-order valence-corrected chi connectivity index (χ0v) is 9.97. The topological polar surface area (TPSA) is 81.8 Å². The number of hydrogen-bond acceptors (Lipinski definition) is 5. The van der Waals surface area contributed by atoms with Crippen LogP contribution in [0.4, 0.5) is 0 Å². The zero-order valence-electron chi connectivity index (χ0n) is 9.97. The van der Waals surface area contributed by atoms with Crippen LogP contribution in [-0.4, -0.2) is 30.3 Å². The summed E-state index contributed by atoms with van der Waals surface area (Å²) in [7, 11) is 1.56. The molecule has 1 atom stereocenters. The molecule has 0 amide bonds.